The number of aliphatic hydroxyl groups is 1. The SMILES string of the molecule is CN1CC[C@]2(C)c3cc(O)ccc3C[C@@H]1[C@@]2(C)CCC(C)(O)C(C)(C)C. The molecule has 146 valence electrons. The van der Waals surface area contributed by atoms with Crippen LogP contribution in [0.15, 0.2) is 18.2 Å². The first-order valence-electron chi connectivity index (χ1n) is 10.1. The molecule has 4 atom stereocenters. The summed E-state index contributed by atoms with van der Waals surface area (Å²) in [4.78, 5) is 2.52. The van der Waals surface area contributed by atoms with E-state index >= 15 is 0 Å². The van der Waals surface area contributed by atoms with Crippen LogP contribution in [0.4, 0.5) is 0 Å². The van der Waals surface area contributed by atoms with Crippen molar-refractivity contribution in [2.24, 2.45) is 10.8 Å². The number of rotatable bonds is 3. The summed E-state index contributed by atoms with van der Waals surface area (Å²) >= 11 is 0. The first kappa shape index (κ1) is 19.7. The quantitative estimate of drug-likeness (QED) is 0.835. The number of likely N-dealkylation sites (tertiary alicyclic amines) is 1. The number of piperidine rings is 1. The van der Waals surface area contributed by atoms with E-state index in [4.69, 9.17) is 0 Å². The summed E-state index contributed by atoms with van der Waals surface area (Å²) in [7, 11) is 2.25. The van der Waals surface area contributed by atoms with Crippen molar-refractivity contribution in [3.63, 3.8) is 0 Å². The maximum Gasteiger partial charge on any atom is 0.115 e. The molecule has 0 saturated carbocycles. The maximum atomic E-state index is 11.1. The lowest BCUT2D eigenvalue weighted by molar-refractivity contribution is -0.0886. The Morgan fingerprint density at radius 1 is 1.19 bits per heavy atom. The fourth-order valence-electron chi connectivity index (χ4n) is 5.30. The summed E-state index contributed by atoms with van der Waals surface area (Å²) < 4.78 is 0. The van der Waals surface area contributed by atoms with Gasteiger partial charge in [0.2, 0.25) is 0 Å². The van der Waals surface area contributed by atoms with E-state index in [2.05, 4.69) is 52.6 Å². The van der Waals surface area contributed by atoms with E-state index in [9.17, 15) is 10.2 Å². The second-order valence-corrected chi connectivity index (χ2v) is 10.6. The number of hydrogen-bond acceptors (Lipinski definition) is 3. The van der Waals surface area contributed by atoms with Crippen LogP contribution in [0.2, 0.25) is 0 Å². The molecule has 1 heterocycles. The van der Waals surface area contributed by atoms with E-state index in [-0.39, 0.29) is 16.2 Å². The van der Waals surface area contributed by atoms with Crippen LogP contribution in [0.3, 0.4) is 0 Å². The minimum atomic E-state index is -0.696. The molecule has 1 saturated heterocycles. The van der Waals surface area contributed by atoms with Gasteiger partial charge in [-0.15, -0.1) is 0 Å². The van der Waals surface area contributed by atoms with Crippen molar-refractivity contribution in [1.82, 2.24) is 4.90 Å². The lowest BCUT2D eigenvalue weighted by Gasteiger charge is -2.62. The van der Waals surface area contributed by atoms with E-state index < -0.39 is 5.60 Å². The topological polar surface area (TPSA) is 43.7 Å². The molecule has 3 rings (SSSR count). The molecule has 1 unspecified atom stereocenters. The molecule has 26 heavy (non-hydrogen) atoms. The highest BCUT2D eigenvalue weighted by molar-refractivity contribution is 5.45. The highest BCUT2D eigenvalue weighted by atomic mass is 16.3. The molecule has 0 amide bonds. The van der Waals surface area contributed by atoms with Gasteiger partial charge in [0.25, 0.3) is 0 Å². The number of hydrogen-bond donors (Lipinski definition) is 2. The molecule has 2 aliphatic rings. The van der Waals surface area contributed by atoms with Crippen LogP contribution in [0.1, 0.15) is 71.9 Å². The van der Waals surface area contributed by atoms with Gasteiger partial charge in [0.05, 0.1) is 5.60 Å². The van der Waals surface area contributed by atoms with Crippen LogP contribution in [0, 0.1) is 10.8 Å². The van der Waals surface area contributed by atoms with E-state index in [1.54, 1.807) is 0 Å². The van der Waals surface area contributed by atoms with E-state index in [1.807, 2.05) is 19.1 Å². The second-order valence-electron chi connectivity index (χ2n) is 10.6. The highest BCUT2D eigenvalue weighted by Gasteiger charge is 2.58. The Balaban J connectivity index is 2.02. The zero-order valence-electron chi connectivity index (χ0n) is 17.7. The molecule has 0 spiro atoms. The third-order valence-electron chi connectivity index (χ3n) is 8.34. The summed E-state index contributed by atoms with van der Waals surface area (Å²) in [6.45, 7) is 14.2. The third-order valence-corrected chi connectivity index (χ3v) is 8.34. The number of likely N-dealkylation sites (N-methyl/N-ethyl adjacent to an activating group) is 1. The zero-order chi connectivity index (χ0) is 19.5. The number of phenols is 1. The molecule has 3 heteroatoms. The van der Waals surface area contributed by atoms with Crippen molar-refractivity contribution in [3.8, 4) is 5.75 Å². The van der Waals surface area contributed by atoms with Gasteiger partial charge in [0.1, 0.15) is 5.75 Å². The molecule has 1 aromatic carbocycles. The highest BCUT2D eigenvalue weighted by Crippen LogP contribution is 2.59. The molecular weight excluding hydrogens is 322 g/mol. The molecule has 0 aromatic heterocycles. The Labute approximate surface area is 159 Å². The van der Waals surface area contributed by atoms with Crippen LogP contribution in [-0.2, 0) is 11.8 Å². The Morgan fingerprint density at radius 3 is 2.46 bits per heavy atom. The molecule has 3 nitrogen and oxygen atoms in total. The van der Waals surface area contributed by atoms with Crippen molar-refractivity contribution in [3.05, 3.63) is 29.3 Å². The number of benzene rings is 1. The Hall–Kier alpha value is -1.06. The van der Waals surface area contributed by atoms with Gasteiger partial charge in [-0.25, -0.2) is 0 Å². The van der Waals surface area contributed by atoms with Gasteiger partial charge < -0.3 is 15.1 Å². The monoisotopic (exact) mass is 359 g/mol. The number of aromatic hydroxyl groups is 1. The van der Waals surface area contributed by atoms with Crippen molar-refractivity contribution in [2.75, 3.05) is 13.6 Å². The smallest absolute Gasteiger partial charge is 0.115 e. The molecule has 2 bridgehead atoms. The van der Waals surface area contributed by atoms with Gasteiger partial charge in [-0.05, 0) is 80.3 Å². The third kappa shape index (κ3) is 2.79. The fraction of sp³-hybridized carbons (Fsp3) is 0.739. The summed E-state index contributed by atoms with van der Waals surface area (Å²) in [6.07, 6.45) is 3.89. The normalized spacial score (nSPS) is 34.2. The van der Waals surface area contributed by atoms with Crippen molar-refractivity contribution < 1.29 is 10.2 Å². The first-order valence-corrected chi connectivity index (χ1v) is 10.1. The summed E-state index contributed by atoms with van der Waals surface area (Å²) in [5, 5.41) is 21.2. The zero-order valence-corrected chi connectivity index (χ0v) is 17.7. The first-order chi connectivity index (χ1) is 11.8. The van der Waals surface area contributed by atoms with Crippen LogP contribution in [-0.4, -0.2) is 40.3 Å². The van der Waals surface area contributed by atoms with Crippen LogP contribution in [0.25, 0.3) is 0 Å². The van der Waals surface area contributed by atoms with Gasteiger partial charge >= 0.3 is 0 Å². The Bertz CT molecular complexity index is 690. The summed E-state index contributed by atoms with van der Waals surface area (Å²) in [5.41, 5.74) is 1.94. The van der Waals surface area contributed by atoms with Gasteiger partial charge in [0, 0.05) is 11.5 Å². The van der Waals surface area contributed by atoms with E-state index in [0.29, 0.717) is 11.8 Å². The molecule has 2 N–H and O–H groups in total. The van der Waals surface area contributed by atoms with Crippen molar-refractivity contribution in [1.29, 1.82) is 0 Å². The Morgan fingerprint density at radius 2 is 1.85 bits per heavy atom. The number of nitrogens with zero attached hydrogens (tertiary/aromatic N) is 1. The standard InChI is InChI=1S/C23H37NO2/c1-20(2,3)23(6,26)11-10-22(5)19-14-16-8-9-17(25)15-18(16)21(22,4)12-13-24(19)7/h8-9,15,19,25-26H,10-14H2,1-7H3/t19-,21-,22-,23?/m1/s1. The predicted molar refractivity (Wildman–Crippen MR) is 108 cm³/mol. The van der Waals surface area contributed by atoms with Crippen LogP contribution < -0.4 is 0 Å². The predicted octanol–water partition coefficient (Wildman–Crippen LogP) is 4.49. The van der Waals surface area contributed by atoms with Gasteiger partial charge in [0.15, 0.2) is 0 Å². The van der Waals surface area contributed by atoms with E-state index in [0.717, 1.165) is 32.2 Å². The van der Waals surface area contributed by atoms with Crippen molar-refractivity contribution in [2.45, 2.75) is 84.3 Å². The van der Waals surface area contributed by atoms with Gasteiger partial charge in [-0.2, -0.15) is 0 Å². The van der Waals surface area contributed by atoms with Crippen molar-refractivity contribution >= 4 is 0 Å². The average molecular weight is 360 g/mol. The number of phenolic OH excluding ortho intramolecular Hbond substituents is 1. The number of fused-ring (bicyclic) bond motifs is 4. The maximum absolute atomic E-state index is 11.1. The van der Waals surface area contributed by atoms with Gasteiger partial charge in [-0.1, -0.05) is 40.7 Å². The summed E-state index contributed by atoms with van der Waals surface area (Å²) in [5.74, 6) is 0.367. The lowest BCUT2D eigenvalue weighted by Crippen LogP contribution is -2.64. The minimum Gasteiger partial charge on any atom is -0.508 e. The molecule has 1 aliphatic carbocycles. The van der Waals surface area contributed by atoms with E-state index in [1.165, 1.54) is 11.1 Å². The molecule has 0 radical (unpaired) electrons. The lowest BCUT2D eigenvalue weighted by atomic mass is 9.48. The summed E-state index contributed by atoms with van der Waals surface area (Å²) in [6, 6.07) is 6.40. The molecular formula is C23H37NO2. The second kappa shape index (κ2) is 5.97. The largest absolute Gasteiger partial charge is 0.508 e. The average Bonchev–Trinajstić information content (AvgIpc) is 2.53. The fourth-order valence-corrected chi connectivity index (χ4v) is 5.30. The molecule has 1 fully saturated rings. The Kier molecular flexibility index (Phi) is 4.52. The van der Waals surface area contributed by atoms with Crippen LogP contribution in [0.5, 0.6) is 5.75 Å². The van der Waals surface area contributed by atoms with Crippen LogP contribution >= 0.6 is 0 Å². The minimum absolute atomic E-state index is 0.0183. The molecule has 1 aliphatic heterocycles. The molecule has 1 aromatic rings. The van der Waals surface area contributed by atoms with Gasteiger partial charge in [-0.3, -0.25) is 0 Å².